The molecule has 0 unspecified atom stereocenters. The van der Waals surface area contributed by atoms with Gasteiger partial charge in [-0.1, -0.05) is 0 Å². The molecule has 0 saturated carbocycles. The van der Waals surface area contributed by atoms with Gasteiger partial charge in [0.15, 0.2) is 11.6 Å². The van der Waals surface area contributed by atoms with Gasteiger partial charge in [-0.15, -0.1) is 0 Å². The number of nitrogens with zero attached hydrogens (tertiary/aromatic N) is 1. The van der Waals surface area contributed by atoms with E-state index in [2.05, 4.69) is 15.5 Å². The topological polar surface area (TPSA) is 49.9 Å². The van der Waals surface area contributed by atoms with Crippen LogP contribution < -0.4 is 5.32 Å². The molecule has 6 heteroatoms. The van der Waals surface area contributed by atoms with Gasteiger partial charge in [-0.25, -0.2) is 8.78 Å². The molecule has 2 rings (SSSR count). The van der Waals surface area contributed by atoms with Crippen LogP contribution in [-0.4, -0.2) is 30.5 Å². The molecule has 2 N–H and O–H groups in total. The van der Waals surface area contributed by atoms with Gasteiger partial charge < -0.3 is 10.1 Å². The molecule has 0 aliphatic carbocycles. The molecule has 0 aliphatic rings. The minimum absolute atomic E-state index is 0.543. The van der Waals surface area contributed by atoms with Crippen molar-refractivity contribution in [2.24, 2.45) is 0 Å². The summed E-state index contributed by atoms with van der Waals surface area (Å²) >= 11 is 0. The molecular formula is C12H13F2N3O. The Morgan fingerprint density at radius 1 is 1.28 bits per heavy atom. The van der Waals surface area contributed by atoms with E-state index in [1.165, 1.54) is 6.07 Å². The first-order valence-electron chi connectivity index (χ1n) is 5.44. The van der Waals surface area contributed by atoms with Crippen molar-refractivity contribution >= 4 is 5.82 Å². The summed E-state index contributed by atoms with van der Waals surface area (Å²) in [6.45, 7) is 1.19. The number of methoxy groups -OCH3 is 1. The molecule has 1 aromatic heterocycles. The van der Waals surface area contributed by atoms with Crippen LogP contribution in [0.25, 0.3) is 11.3 Å². The normalized spacial score (nSPS) is 10.6. The third-order valence-electron chi connectivity index (χ3n) is 2.42. The number of hydrogen-bond donors (Lipinski definition) is 2. The van der Waals surface area contributed by atoms with Crippen molar-refractivity contribution in [3.63, 3.8) is 0 Å². The SMILES string of the molecule is COCCNc1cc(-c2ccc(F)c(F)c2)[nH]n1. The van der Waals surface area contributed by atoms with Gasteiger partial charge in [-0.2, -0.15) is 5.10 Å². The first-order valence-corrected chi connectivity index (χ1v) is 5.44. The van der Waals surface area contributed by atoms with Crippen LogP contribution in [0.1, 0.15) is 0 Å². The molecule has 2 aromatic rings. The molecule has 0 saturated heterocycles. The molecule has 0 fully saturated rings. The van der Waals surface area contributed by atoms with Crippen LogP contribution in [0.4, 0.5) is 14.6 Å². The van der Waals surface area contributed by atoms with E-state index < -0.39 is 11.6 Å². The number of aromatic nitrogens is 2. The summed E-state index contributed by atoms with van der Waals surface area (Å²) in [5, 5.41) is 9.79. The van der Waals surface area contributed by atoms with E-state index in [1.807, 2.05) is 0 Å². The van der Waals surface area contributed by atoms with E-state index in [0.29, 0.717) is 30.2 Å². The van der Waals surface area contributed by atoms with Crippen molar-refractivity contribution in [2.45, 2.75) is 0 Å². The number of nitrogens with one attached hydrogen (secondary N) is 2. The second kappa shape index (κ2) is 5.59. The van der Waals surface area contributed by atoms with Gasteiger partial charge in [0.1, 0.15) is 5.82 Å². The lowest BCUT2D eigenvalue weighted by Gasteiger charge is -2.00. The summed E-state index contributed by atoms with van der Waals surface area (Å²) < 4.78 is 30.8. The quantitative estimate of drug-likeness (QED) is 0.804. The number of benzene rings is 1. The van der Waals surface area contributed by atoms with Crippen molar-refractivity contribution in [3.8, 4) is 11.3 Å². The van der Waals surface area contributed by atoms with Crippen LogP contribution in [0, 0.1) is 11.6 Å². The first kappa shape index (κ1) is 12.5. The molecule has 0 bridgehead atoms. The lowest BCUT2D eigenvalue weighted by atomic mass is 10.1. The molecular weight excluding hydrogens is 240 g/mol. The van der Waals surface area contributed by atoms with Crippen molar-refractivity contribution < 1.29 is 13.5 Å². The summed E-state index contributed by atoms with van der Waals surface area (Å²) in [6, 6.07) is 5.43. The molecule has 1 heterocycles. The van der Waals surface area contributed by atoms with Crippen molar-refractivity contribution in [3.05, 3.63) is 35.9 Å². The summed E-state index contributed by atoms with van der Waals surface area (Å²) in [7, 11) is 1.61. The lowest BCUT2D eigenvalue weighted by Crippen LogP contribution is -2.07. The Morgan fingerprint density at radius 2 is 2.11 bits per heavy atom. The molecule has 0 atom stereocenters. The zero-order valence-corrected chi connectivity index (χ0v) is 9.84. The monoisotopic (exact) mass is 253 g/mol. The van der Waals surface area contributed by atoms with Gasteiger partial charge in [0.25, 0.3) is 0 Å². The predicted molar refractivity (Wildman–Crippen MR) is 64.3 cm³/mol. The van der Waals surface area contributed by atoms with E-state index in [9.17, 15) is 8.78 Å². The maximum absolute atomic E-state index is 13.1. The summed E-state index contributed by atoms with van der Waals surface area (Å²) in [5.74, 6) is -1.11. The van der Waals surface area contributed by atoms with Crippen molar-refractivity contribution in [2.75, 3.05) is 25.6 Å². The molecule has 1 aromatic carbocycles. The van der Waals surface area contributed by atoms with E-state index in [4.69, 9.17) is 4.74 Å². The van der Waals surface area contributed by atoms with E-state index in [-0.39, 0.29) is 0 Å². The van der Waals surface area contributed by atoms with E-state index in [0.717, 1.165) is 12.1 Å². The van der Waals surface area contributed by atoms with Crippen LogP contribution in [0.2, 0.25) is 0 Å². The molecule has 0 aliphatic heterocycles. The highest BCUT2D eigenvalue weighted by Gasteiger charge is 2.07. The van der Waals surface area contributed by atoms with Crippen LogP contribution in [0.5, 0.6) is 0 Å². The van der Waals surface area contributed by atoms with E-state index >= 15 is 0 Å². The second-order valence-corrected chi connectivity index (χ2v) is 3.72. The minimum atomic E-state index is -0.879. The Morgan fingerprint density at radius 3 is 2.83 bits per heavy atom. The average molecular weight is 253 g/mol. The highest BCUT2D eigenvalue weighted by Crippen LogP contribution is 2.21. The molecule has 96 valence electrons. The summed E-state index contributed by atoms with van der Waals surface area (Å²) in [4.78, 5) is 0. The number of hydrogen-bond acceptors (Lipinski definition) is 3. The zero-order chi connectivity index (χ0) is 13.0. The molecule has 0 spiro atoms. The minimum Gasteiger partial charge on any atom is -0.383 e. The number of halogens is 2. The summed E-state index contributed by atoms with van der Waals surface area (Å²) in [6.07, 6.45) is 0. The molecule has 0 amide bonds. The van der Waals surface area contributed by atoms with E-state index in [1.54, 1.807) is 13.2 Å². The standard InChI is InChI=1S/C12H13F2N3O/c1-18-5-4-15-12-7-11(16-17-12)8-2-3-9(13)10(14)6-8/h2-3,6-7H,4-5H2,1H3,(H2,15,16,17). The van der Waals surface area contributed by atoms with Gasteiger partial charge in [0.2, 0.25) is 0 Å². The Balaban J connectivity index is 2.11. The Kier molecular flexibility index (Phi) is 3.88. The first-order chi connectivity index (χ1) is 8.70. The van der Waals surface area contributed by atoms with Crippen molar-refractivity contribution in [1.82, 2.24) is 10.2 Å². The molecule has 0 radical (unpaired) electrons. The van der Waals surface area contributed by atoms with Gasteiger partial charge in [-0.05, 0) is 18.2 Å². The van der Waals surface area contributed by atoms with Gasteiger partial charge >= 0.3 is 0 Å². The van der Waals surface area contributed by atoms with Crippen LogP contribution >= 0.6 is 0 Å². The number of rotatable bonds is 5. The lowest BCUT2D eigenvalue weighted by molar-refractivity contribution is 0.210. The Labute approximate surface area is 103 Å². The number of anilines is 1. The average Bonchev–Trinajstić information content (AvgIpc) is 2.82. The van der Waals surface area contributed by atoms with Crippen LogP contribution in [0.3, 0.4) is 0 Å². The van der Waals surface area contributed by atoms with Crippen LogP contribution in [0.15, 0.2) is 24.3 Å². The summed E-state index contributed by atoms with van der Waals surface area (Å²) in [5.41, 5.74) is 1.16. The highest BCUT2D eigenvalue weighted by molar-refractivity contribution is 5.62. The molecule has 18 heavy (non-hydrogen) atoms. The fourth-order valence-corrected chi connectivity index (χ4v) is 1.50. The number of H-pyrrole nitrogens is 1. The molecule has 4 nitrogen and oxygen atoms in total. The largest absolute Gasteiger partial charge is 0.383 e. The highest BCUT2D eigenvalue weighted by atomic mass is 19.2. The smallest absolute Gasteiger partial charge is 0.159 e. The maximum atomic E-state index is 13.1. The third kappa shape index (κ3) is 2.84. The van der Waals surface area contributed by atoms with Gasteiger partial charge in [0.05, 0.1) is 12.3 Å². The van der Waals surface area contributed by atoms with Crippen LogP contribution in [-0.2, 0) is 4.74 Å². The third-order valence-corrected chi connectivity index (χ3v) is 2.42. The number of aromatic amines is 1. The van der Waals surface area contributed by atoms with Crippen molar-refractivity contribution in [1.29, 1.82) is 0 Å². The predicted octanol–water partition coefficient (Wildman–Crippen LogP) is 2.41. The van der Waals surface area contributed by atoms with Gasteiger partial charge in [0, 0.05) is 25.3 Å². The zero-order valence-electron chi connectivity index (χ0n) is 9.84. The Bertz CT molecular complexity index is 528. The number of ether oxygens (including phenoxy) is 1. The fraction of sp³-hybridized carbons (Fsp3) is 0.250. The van der Waals surface area contributed by atoms with Gasteiger partial charge in [-0.3, -0.25) is 5.10 Å². The maximum Gasteiger partial charge on any atom is 0.159 e. The fourth-order valence-electron chi connectivity index (χ4n) is 1.50. The Hall–Kier alpha value is -1.95. The second-order valence-electron chi connectivity index (χ2n) is 3.72.